The van der Waals surface area contributed by atoms with Crippen LogP contribution in [0.3, 0.4) is 0 Å². The number of nitrogens with zero attached hydrogens (tertiary/aromatic N) is 3. The third-order valence-corrected chi connectivity index (χ3v) is 3.44. The molecule has 3 rings (SSSR count). The van der Waals surface area contributed by atoms with Crippen molar-refractivity contribution >= 4 is 21.7 Å². The van der Waals surface area contributed by atoms with Gasteiger partial charge in [-0.15, -0.1) is 5.10 Å². The van der Waals surface area contributed by atoms with Crippen molar-refractivity contribution in [1.82, 2.24) is 15.2 Å². The third kappa shape index (κ3) is 1.90. The van der Waals surface area contributed by atoms with E-state index in [1.165, 1.54) is 0 Å². The summed E-state index contributed by atoms with van der Waals surface area (Å²) in [4.78, 5) is 5.40. The van der Waals surface area contributed by atoms with E-state index in [1.807, 2.05) is 36.4 Å². The lowest BCUT2D eigenvalue weighted by Gasteiger charge is -1.92. The Labute approximate surface area is 102 Å². The van der Waals surface area contributed by atoms with E-state index in [4.69, 9.17) is 5.73 Å². The van der Waals surface area contributed by atoms with Crippen molar-refractivity contribution in [1.29, 1.82) is 0 Å². The van der Waals surface area contributed by atoms with Gasteiger partial charge in [0, 0.05) is 12.1 Å². The van der Waals surface area contributed by atoms with Gasteiger partial charge >= 0.3 is 0 Å². The van der Waals surface area contributed by atoms with Gasteiger partial charge in [-0.3, -0.25) is 0 Å². The van der Waals surface area contributed by atoms with Crippen LogP contribution in [0.2, 0.25) is 0 Å². The standard InChI is InChI=1S/C12H10N4S/c13-7-9-6-10-12(16-15-9)17-11(14-10)8-4-2-1-3-5-8/h1-6H,7,13H2. The predicted molar refractivity (Wildman–Crippen MR) is 68.5 cm³/mol. The Kier molecular flexibility index (Phi) is 2.55. The normalized spacial score (nSPS) is 10.9. The molecule has 0 amide bonds. The molecule has 0 radical (unpaired) electrons. The summed E-state index contributed by atoms with van der Waals surface area (Å²) in [5, 5.41) is 9.11. The molecule has 0 atom stereocenters. The van der Waals surface area contributed by atoms with E-state index in [2.05, 4.69) is 15.2 Å². The molecule has 0 aliphatic heterocycles. The molecule has 0 fully saturated rings. The first-order valence-corrected chi connectivity index (χ1v) is 6.07. The van der Waals surface area contributed by atoms with Crippen LogP contribution in [0, 0.1) is 0 Å². The molecule has 0 aliphatic rings. The first-order chi connectivity index (χ1) is 8.36. The number of hydrogen-bond donors (Lipinski definition) is 1. The zero-order valence-corrected chi connectivity index (χ0v) is 9.81. The van der Waals surface area contributed by atoms with Crippen molar-refractivity contribution in [3.8, 4) is 10.6 Å². The fourth-order valence-electron chi connectivity index (χ4n) is 1.59. The molecule has 0 unspecified atom stereocenters. The number of thiazole rings is 1. The molecule has 0 bridgehead atoms. The maximum atomic E-state index is 5.53. The van der Waals surface area contributed by atoms with Gasteiger partial charge in [0.1, 0.15) is 10.5 Å². The Morgan fingerprint density at radius 3 is 2.71 bits per heavy atom. The second-order valence-electron chi connectivity index (χ2n) is 3.62. The van der Waals surface area contributed by atoms with Crippen LogP contribution < -0.4 is 5.73 Å². The summed E-state index contributed by atoms with van der Waals surface area (Å²) < 4.78 is 0. The zero-order valence-electron chi connectivity index (χ0n) is 9.00. The fourth-order valence-corrected chi connectivity index (χ4v) is 2.46. The smallest absolute Gasteiger partial charge is 0.166 e. The second-order valence-corrected chi connectivity index (χ2v) is 4.59. The van der Waals surface area contributed by atoms with Crippen LogP contribution in [0.5, 0.6) is 0 Å². The summed E-state index contributed by atoms with van der Waals surface area (Å²) in [6.45, 7) is 0.390. The molecule has 2 N–H and O–H groups in total. The number of fused-ring (bicyclic) bond motifs is 1. The molecule has 0 aliphatic carbocycles. The molecule has 4 nitrogen and oxygen atoms in total. The molecule has 0 spiro atoms. The molecule has 3 aromatic rings. The van der Waals surface area contributed by atoms with Crippen LogP contribution in [0.1, 0.15) is 5.69 Å². The minimum atomic E-state index is 0.390. The van der Waals surface area contributed by atoms with Crippen LogP contribution in [-0.2, 0) is 6.54 Å². The van der Waals surface area contributed by atoms with Crippen molar-refractivity contribution in [3.63, 3.8) is 0 Å². The highest BCUT2D eigenvalue weighted by Gasteiger charge is 2.07. The highest BCUT2D eigenvalue weighted by molar-refractivity contribution is 7.21. The van der Waals surface area contributed by atoms with Gasteiger partial charge in [-0.1, -0.05) is 41.7 Å². The van der Waals surface area contributed by atoms with Gasteiger partial charge in [-0.05, 0) is 6.07 Å². The third-order valence-electron chi connectivity index (χ3n) is 2.44. The van der Waals surface area contributed by atoms with Crippen LogP contribution >= 0.6 is 11.3 Å². The van der Waals surface area contributed by atoms with E-state index in [-0.39, 0.29) is 0 Å². The van der Waals surface area contributed by atoms with Gasteiger partial charge < -0.3 is 5.73 Å². The SMILES string of the molecule is NCc1cc2nc(-c3ccccc3)sc2nn1. The zero-order chi connectivity index (χ0) is 11.7. The summed E-state index contributed by atoms with van der Waals surface area (Å²) in [7, 11) is 0. The topological polar surface area (TPSA) is 64.7 Å². The number of rotatable bonds is 2. The van der Waals surface area contributed by atoms with Crippen molar-refractivity contribution in [2.75, 3.05) is 0 Å². The van der Waals surface area contributed by atoms with E-state index in [1.54, 1.807) is 11.3 Å². The highest BCUT2D eigenvalue weighted by Crippen LogP contribution is 2.28. The lowest BCUT2D eigenvalue weighted by molar-refractivity contribution is 0.922. The summed E-state index contributed by atoms with van der Waals surface area (Å²) in [5.41, 5.74) is 8.26. The average Bonchev–Trinajstić information content (AvgIpc) is 2.82. The van der Waals surface area contributed by atoms with Crippen LogP contribution in [-0.4, -0.2) is 15.2 Å². The largest absolute Gasteiger partial charge is 0.325 e. The molecule has 5 heteroatoms. The Hall–Kier alpha value is -1.85. The highest BCUT2D eigenvalue weighted by atomic mass is 32.1. The van der Waals surface area contributed by atoms with E-state index < -0.39 is 0 Å². The first kappa shape index (κ1) is 10.3. The van der Waals surface area contributed by atoms with Gasteiger partial charge in [0.2, 0.25) is 0 Å². The van der Waals surface area contributed by atoms with Crippen LogP contribution in [0.25, 0.3) is 20.9 Å². The van der Waals surface area contributed by atoms with Gasteiger partial charge in [-0.25, -0.2) is 4.98 Å². The number of nitrogens with two attached hydrogens (primary N) is 1. The van der Waals surface area contributed by atoms with Gasteiger partial charge in [0.15, 0.2) is 4.83 Å². The van der Waals surface area contributed by atoms with Gasteiger partial charge in [0.25, 0.3) is 0 Å². The Bertz CT molecular complexity index is 648. The number of hydrogen-bond acceptors (Lipinski definition) is 5. The van der Waals surface area contributed by atoms with Crippen molar-refractivity contribution in [2.45, 2.75) is 6.54 Å². The summed E-state index contributed by atoms with van der Waals surface area (Å²) in [5.74, 6) is 0. The minimum absolute atomic E-state index is 0.390. The number of aromatic nitrogens is 3. The van der Waals surface area contributed by atoms with E-state index in [0.29, 0.717) is 6.54 Å². The molecule has 2 aromatic heterocycles. The van der Waals surface area contributed by atoms with E-state index >= 15 is 0 Å². The lowest BCUT2D eigenvalue weighted by atomic mass is 10.2. The molecule has 84 valence electrons. The summed E-state index contributed by atoms with van der Waals surface area (Å²) in [6, 6.07) is 12.0. The average molecular weight is 242 g/mol. The van der Waals surface area contributed by atoms with Crippen molar-refractivity contribution in [2.24, 2.45) is 5.73 Å². The Morgan fingerprint density at radius 1 is 1.12 bits per heavy atom. The van der Waals surface area contributed by atoms with E-state index in [0.717, 1.165) is 26.6 Å². The van der Waals surface area contributed by atoms with Crippen molar-refractivity contribution < 1.29 is 0 Å². The van der Waals surface area contributed by atoms with Crippen LogP contribution in [0.15, 0.2) is 36.4 Å². The molecule has 2 heterocycles. The molecular formula is C12H10N4S. The van der Waals surface area contributed by atoms with Gasteiger partial charge in [-0.2, -0.15) is 5.10 Å². The summed E-state index contributed by atoms with van der Waals surface area (Å²) >= 11 is 1.54. The molecule has 0 saturated carbocycles. The minimum Gasteiger partial charge on any atom is -0.325 e. The predicted octanol–water partition coefficient (Wildman–Crippen LogP) is 2.21. The molecule has 17 heavy (non-hydrogen) atoms. The second kappa shape index (κ2) is 4.20. The monoisotopic (exact) mass is 242 g/mol. The maximum absolute atomic E-state index is 5.53. The van der Waals surface area contributed by atoms with Crippen LogP contribution in [0.4, 0.5) is 0 Å². The Morgan fingerprint density at radius 2 is 1.94 bits per heavy atom. The molecule has 0 saturated heterocycles. The molecular weight excluding hydrogens is 232 g/mol. The number of benzene rings is 1. The first-order valence-electron chi connectivity index (χ1n) is 5.25. The summed E-state index contributed by atoms with van der Waals surface area (Å²) in [6.07, 6.45) is 0. The molecule has 1 aromatic carbocycles. The lowest BCUT2D eigenvalue weighted by Crippen LogP contribution is -2.00. The van der Waals surface area contributed by atoms with Crippen molar-refractivity contribution in [3.05, 3.63) is 42.1 Å². The Balaban J connectivity index is 2.14. The fraction of sp³-hybridized carbons (Fsp3) is 0.0833. The maximum Gasteiger partial charge on any atom is 0.166 e. The van der Waals surface area contributed by atoms with Gasteiger partial charge in [0.05, 0.1) is 5.69 Å². The van der Waals surface area contributed by atoms with E-state index in [9.17, 15) is 0 Å². The quantitative estimate of drug-likeness (QED) is 0.748.